The largest absolute Gasteiger partial charge is 0.271 e. The Balaban J connectivity index is 2.10. The van der Waals surface area contributed by atoms with E-state index in [1.165, 1.54) is 43.2 Å². The van der Waals surface area contributed by atoms with Gasteiger partial charge in [-0.15, -0.1) is 0 Å². The molecule has 0 radical (unpaired) electrons. The van der Waals surface area contributed by atoms with Gasteiger partial charge in [-0.25, -0.2) is 0 Å². The van der Waals surface area contributed by atoms with Crippen molar-refractivity contribution in [2.75, 3.05) is 0 Å². The molecule has 2 nitrogen and oxygen atoms in total. The predicted molar refractivity (Wildman–Crippen MR) is 81.6 cm³/mol. The predicted octanol–water partition coefficient (Wildman–Crippen LogP) is 3.97. The molecule has 0 aromatic heterocycles. The van der Waals surface area contributed by atoms with Gasteiger partial charge < -0.3 is 0 Å². The van der Waals surface area contributed by atoms with E-state index in [2.05, 4.69) is 43.5 Å². The summed E-state index contributed by atoms with van der Waals surface area (Å²) >= 11 is 0. The van der Waals surface area contributed by atoms with Gasteiger partial charge in [-0.1, -0.05) is 57.4 Å². The first-order valence-corrected chi connectivity index (χ1v) is 7.83. The van der Waals surface area contributed by atoms with Gasteiger partial charge in [-0.3, -0.25) is 11.3 Å². The monoisotopic (exact) mass is 260 g/mol. The van der Waals surface area contributed by atoms with E-state index in [1.807, 2.05) is 0 Å². The summed E-state index contributed by atoms with van der Waals surface area (Å²) < 4.78 is 0. The van der Waals surface area contributed by atoms with Crippen LogP contribution in [0.2, 0.25) is 0 Å². The third kappa shape index (κ3) is 3.58. The molecule has 1 aromatic rings. The molecule has 0 spiro atoms. The van der Waals surface area contributed by atoms with Gasteiger partial charge in [0.2, 0.25) is 0 Å². The molecule has 1 fully saturated rings. The number of benzene rings is 1. The van der Waals surface area contributed by atoms with Gasteiger partial charge in [-0.05, 0) is 42.2 Å². The normalized spacial score (nSPS) is 24.6. The Kier molecular flexibility index (Phi) is 5.41. The molecule has 3 atom stereocenters. The average Bonchev–Trinajstić information content (AvgIpc) is 2.89. The van der Waals surface area contributed by atoms with Crippen LogP contribution in [0, 0.1) is 11.8 Å². The molecule has 0 aliphatic heterocycles. The third-order valence-electron chi connectivity index (χ3n) is 4.66. The van der Waals surface area contributed by atoms with E-state index in [0.717, 1.165) is 12.3 Å². The van der Waals surface area contributed by atoms with Crippen LogP contribution in [0.25, 0.3) is 0 Å². The molecule has 0 amide bonds. The summed E-state index contributed by atoms with van der Waals surface area (Å²) in [4.78, 5) is 0. The van der Waals surface area contributed by atoms with Crippen molar-refractivity contribution in [2.24, 2.45) is 17.7 Å². The van der Waals surface area contributed by atoms with Gasteiger partial charge in [0.25, 0.3) is 0 Å². The van der Waals surface area contributed by atoms with E-state index in [4.69, 9.17) is 5.84 Å². The summed E-state index contributed by atoms with van der Waals surface area (Å²) in [6.45, 7) is 4.54. The zero-order valence-electron chi connectivity index (χ0n) is 12.4. The molecule has 3 unspecified atom stereocenters. The molecule has 106 valence electrons. The van der Waals surface area contributed by atoms with E-state index < -0.39 is 0 Å². The average molecular weight is 260 g/mol. The van der Waals surface area contributed by atoms with Crippen molar-refractivity contribution in [1.29, 1.82) is 0 Å². The molecular formula is C17H28N2. The molecular weight excluding hydrogens is 232 g/mol. The van der Waals surface area contributed by atoms with Crippen molar-refractivity contribution >= 4 is 0 Å². The van der Waals surface area contributed by atoms with Gasteiger partial charge in [0, 0.05) is 6.04 Å². The second kappa shape index (κ2) is 7.06. The highest BCUT2D eigenvalue weighted by Crippen LogP contribution is 2.40. The van der Waals surface area contributed by atoms with Gasteiger partial charge in [0.15, 0.2) is 0 Å². The number of nitrogens with one attached hydrogen (secondary N) is 1. The van der Waals surface area contributed by atoms with Gasteiger partial charge in [0.05, 0.1) is 0 Å². The lowest BCUT2D eigenvalue weighted by atomic mass is 9.90. The van der Waals surface area contributed by atoms with Crippen molar-refractivity contribution in [2.45, 2.75) is 58.4 Å². The molecule has 0 bridgehead atoms. The van der Waals surface area contributed by atoms with Crippen molar-refractivity contribution in [1.82, 2.24) is 5.43 Å². The SMILES string of the molecule is CCCc1cccc(C(NN)C2CCC(CC)C2)c1. The Labute approximate surface area is 117 Å². The first kappa shape index (κ1) is 14.5. The second-order valence-corrected chi connectivity index (χ2v) is 5.99. The van der Waals surface area contributed by atoms with Crippen LogP contribution < -0.4 is 11.3 Å². The van der Waals surface area contributed by atoms with Crippen LogP contribution in [0.15, 0.2) is 24.3 Å². The Morgan fingerprint density at radius 1 is 1.32 bits per heavy atom. The topological polar surface area (TPSA) is 38.0 Å². The van der Waals surface area contributed by atoms with Crippen molar-refractivity contribution in [3.05, 3.63) is 35.4 Å². The number of hydrogen-bond acceptors (Lipinski definition) is 2. The van der Waals surface area contributed by atoms with Crippen LogP contribution in [-0.2, 0) is 6.42 Å². The zero-order valence-corrected chi connectivity index (χ0v) is 12.4. The Morgan fingerprint density at radius 2 is 2.16 bits per heavy atom. The summed E-state index contributed by atoms with van der Waals surface area (Å²) in [7, 11) is 0. The molecule has 0 saturated heterocycles. The summed E-state index contributed by atoms with van der Waals surface area (Å²) in [5.74, 6) is 7.45. The smallest absolute Gasteiger partial charge is 0.0488 e. The van der Waals surface area contributed by atoms with Crippen molar-refractivity contribution in [3.8, 4) is 0 Å². The molecule has 1 saturated carbocycles. The number of aryl methyl sites for hydroxylation is 1. The summed E-state index contributed by atoms with van der Waals surface area (Å²) in [6.07, 6.45) is 7.67. The maximum absolute atomic E-state index is 5.85. The van der Waals surface area contributed by atoms with Crippen LogP contribution in [0.1, 0.15) is 63.1 Å². The summed E-state index contributed by atoms with van der Waals surface area (Å²) in [5, 5.41) is 0. The number of rotatable bonds is 6. The fraction of sp³-hybridized carbons (Fsp3) is 0.647. The van der Waals surface area contributed by atoms with E-state index in [0.29, 0.717) is 12.0 Å². The second-order valence-electron chi connectivity index (χ2n) is 5.99. The molecule has 2 rings (SSSR count). The maximum atomic E-state index is 5.85. The lowest BCUT2D eigenvalue weighted by Crippen LogP contribution is -2.32. The van der Waals surface area contributed by atoms with Crippen LogP contribution in [0.4, 0.5) is 0 Å². The van der Waals surface area contributed by atoms with E-state index >= 15 is 0 Å². The van der Waals surface area contributed by atoms with E-state index in [9.17, 15) is 0 Å². The zero-order chi connectivity index (χ0) is 13.7. The number of hydrogen-bond donors (Lipinski definition) is 2. The lowest BCUT2D eigenvalue weighted by Gasteiger charge is -2.24. The van der Waals surface area contributed by atoms with Gasteiger partial charge in [-0.2, -0.15) is 0 Å². The standard InChI is InChI=1S/C17H28N2/c1-3-6-14-7-5-8-15(12-14)17(19-18)16-10-9-13(4-2)11-16/h5,7-8,12-13,16-17,19H,3-4,6,9-11,18H2,1-2H3. The molecule has 19 heavy (non-hydrogen) atoms. The Morgan fingerprint density at radius 3 is 2.79 bits per heavy atom. The third-order valence-corrected chi connectivity index (χ3v) is 4.66. The highest BCUT2D eigenvalue weighted by molar-refractivity contribution is 5.27. The van der Waals surface area contributed by atoms with Crippen LogP contribution in [-0.4, -0.2) is 0 Å². The fourth-order valence-corrected chi connectivity index (χ4v) is 3.52. The summed E-state index contributed by atoms with van der Waals surface area (Å²) in [6, 6.07) is 9.30. The lowest BCUT2D eigenvalue weighted by molar-refractivity contribution is 0.358. The van der Waals surface area contributed by atoms with E-state index in [1.54, 1.807) is 0 Å². The molecule has 3 N–H and O–H groups in total. The van der Waals surface area contributed by atoms with Crippen LogP contribution >= 0.6 is 0 Å². The van der Waals surface area contributed by atoms with Crippen LogP contribution in [0.3, 0.4) is 0 Å². The minimum absolute atomic E-state index is 0.327. The van der Waals surface area contributed by atoms with Gasteiger partial charge in [0.1, 0.15) is 0 Å². The molecule has 2 heteroatoms. The van der Waals surface area contributed by atoms with Crippen molar-refractivity contribution in [3.63, 3.8) is 0 Å². The number of nitrogens with two attached hydrogens (primary N) is 1. The highest BCUT2D eigenvalue weighted by atomic mass is 15.2. The number of hydrazine groups is 1. The maximum Gasteiger partial charge on any atom is 0.0488 e. The first-order chi connectivity index (χ1) is 9.28. The van der Waals surface area contributed by atoms with E-state index in [-0.39, 0.29) is 0 Å². The van der Waals surface area contributed by atoms with Gasteiger partial charge >= 0.3 is 0 Å². The van der Waals surface area contributed by atoms with Crippen LogP contribution in [0.5, 0.6) is 0 Å². The Hall–Kier alpha value is -0.860. The first-order valence-electron chi connectivity index (χ1n) is 7.83. The Bertz CT molecular complexity index is 389. The molecule has 1 aliphatic carbocycles. The fourth-order valence-electron chi connectivity index (χ4n) is 3.52. The van der Waals surface area contributed by atoms with Crippen molar-refractivity contribution < 1.29 is 0 Å². The molecule has 0 heterocycles. The molecule has 1 aliphatic rings. The molecule has 1 aromatic carbocycles. The quantitative estimate of drug-likeness (QED) is 0.600. The summed E-state index contributed by atoms with van der Waals surface area (Å²) in [5.41, 5.74) is 5.88. The minimum atomic E-state index is 0.327. The highest BCUT2D eigenvalue weighted by Gasteiger charge is 2.30. The minimum Gasteiger partial charge on any atom is -0.271 e.